The van der Waals surface area contributed by atoms with Gasteiger partial charge in [-0.05, 0) is 48.9 Å². The molecule has 0 spiro atoms. The lowest BCUT2D eigenvalue weighted by Gasteiger charge is -2.30. The number of rotatable bonds is 4. The van der Waals surface area contributed by atoms with Gasteiger partial charge in [0, 0.05) is 12.0 Å². The van der Waals surface area contributed by atoms with Crippen LogP contribution in [0, 0.1) is 6.92 Å². The van der Waals surface area contributed by atoms with Crippen molar-refractivity contribution in [1.29, 1.82) is 0 Å². The highest BCUT2D eigenvalue weighted by Gasteiger charge is 2.37. The van der Waals surface area contributed by atoms with Gasteiger partial charge in [-0.2, -0.15) is 0 Å². The van der Waals surface area contributed by atoms with Gasteiger partial charge < -0.3 is 10.5 Å². The van der Waals surface area contributed by atoms with Crippen molar-refractivity contribution in [2.75, 3.05) is 13.7 Å². The summed E-state index contributed by atoms with van der Waals surface area (Å²) in [6.07, 6.45) is 3.20. The molecule has 1 unspecified atom stereocenters. The second-order valence-corrected chi connectivity index (χ2v) is 6.13. The number of fused-ring (bicyclic) bond motifs is 1. The molecule has 2 N–H and O–H groups in total. The highest BCUT2D eigenvalue weighted by Crippen LogP contribution is 2.42. The molecule has 2 aromatic carbocycles. The minimum Gasteiger partial charge on any atom is -0.496 e. The lowest BCUT2D eigenvalue weighted by molar-refractivity contribution is 0.389. The first kappa shape index (κ1) is 14.2. The lowest BCUT2D eigenvalue weighted by atomic mass is 9.76. The van der Waals surface area contributed by atoms with E-state index in [1.54, 1.807) is 7.11 Å². The molecule has 2 aromatic rings. The summed E-state index contributed by atoms with van der Waals surface area (Å²) in [4.78, 5) is 0. The molecule has 0 aromatic heterocycles. The van der Waals surface area contributed by atoms with Crippen LogP contribution >= 0.6 is 0 Å². The van der Waals surface area contributed by atoms with Crippen molar-refractivity contribution in [2.45, 2.75) is 31.6 Å². The van der Waals surface area contributed by atoms with Crippen LogP contribution < -0.4 is 10.5 Å². The zero-order chi connectivity index (χ0) is 14.9. The van der Waals surface area contributed by atoms with Crippen molar-refractivity contribution in [3.63, 3.8) is 0 Å². The van der Waals surface area contributed by atoms with Gasteiger partial charge in [-0.25, -0.2) is 0 Å². The van der Waals surface area contributed by atoms with Gasteiger partial charge in [0.2, 0.25) is 0 Å². The first-order valence-electron chi connectivity index (χ1n) is 7.60. The fourth-order valence-corrected chi connectivity index (χ4v) is 3.64. The van der Waals surface area contributed by atoms with Crippen LogP contribution in [0.3, 0.4) is 0 Å². The molecule has 3 rings (SSSR count). The molecular formula is C19H23NO. The third-order valence-electron chi connectivity index (χ3n) is 4.82. The van der Waals surface area contributed by atoms with Crippen molar-refractivity contribution in [2.24, 2.45) is 5.73 Å². The Labute approximate surface area is 126 Å². The number of benzene rings is 2. The first-order chi connectivity index (χ1) is 10.2. The maximum Gasteiger partial charge on any atom is 0.122 e. The van der Waals surface area contributed by atoms with E-state index in [2.05, 4.69) is 49.4 Å². The number of aryl methyl sites for hydroxylation is 2. The van der Waals surface area contributed by atoms with E-state index in [0.29, 0.717) is 6.54 Å². The molecular weight excluding hydrogens is 258 g/mol. The van der Waals surface area contributed by atoms with Crippen molar-refractivity contribution >= 4 is 0 Å². The molecule has 0 saturated carbocycles. The molecule has 1 aliphatic carbocycles. The molecule has 0 amide bonds. The Hall–Kier alpha value is -1.80. The predicted molar refractivity (Wildman–Crippen MR) is 86.9 cm³/mol. The standard InChI is InChI=1S/C19H23NO/c1-14-7-8-18(21-2)16(11-14)12-19(13-20)10-9-15-5-3-4-6-17(15)19/h3-8,11H,9-10,12-13,20H2,1-2H3. The van der Waals surface area contributed by atoms with Crippen LogP contribution in [0.1, 0.15) is 28.7 Å². The molecule has 2 heteroatoms. The van der Waals surface area contributed by atoms with Crippen molar-refractivity contribution in [3.05, 3.63) is 64.7 Å². The van der Waals surface area contributed by atoms with E-state index < -0.39 is 0 Å². The highest BCUT2D eigenvalue weighted by molar-refractivity contribution is 5.45. The number of ether oxygens (including phenoxy) is 1. The molecule has 0 fully saturated rings. The van der Waals surface area contributed by atoms with Crippen LogP contribution in [0.15, 0.2) is 42.5 Å². The average Bonchev–Trinajstić information content (AvgIpc) is 2.87. The maximum absolute atomic E-state index is 6.22. The number of hydrogen-bond acceptors (Lipinski definition) is 2. The Morgan fingerprint density at radius 1 is 1.19 bits per heavy atom. The van der Waals surface area contributed by atoms with E-state index in [0.717, 1.165) is 25.0 Å². The molecule has 0 radical (unpaired) electrons. The van der Waals surface area contributed by atoms with Crippen LogP contribution in [0.2, 0.25) is 0 Å². The molecule has 0 bridgehead atoms. The number of methoxy groups -OCH3 is 1. The molecule has 1 atom stereocenters. The van der Waals surface area contributed by atoms with E-state index in [1.807, 2.05) is 0 Å². The number of nitrogens with two attached hydrogens (primary N) is 1. The predicted octanol–water partition coefficient (Wildman–Crippen LogP) is 3.39. The Bertz CT molecular complexity index is 650. The largest absolute Gasteiger partial charge is 0.496 e. The van der Waals surface area contributed by atoms with Crippen LogP contribution in [-0.2, 0) is 18.3 Å². The summed E-state index contributed by atoms with van der Waals surface area (Å²) in [6.45, 7) is 2.81. The Kier molecular flexibility index (Phi) is 3.73. The first-order valence-corrected chi connectivity index (χ1v) is 7.60. The minimum absolute atomic E-state index is 0.0532. The lowest BCUT2D eigenvalue weighted by Crippen LogP contribution is -2.35. The summed E-state index contributed by atoms with van der Waals surface area (Å²) in [5.41, 5.74) is 11.7. The SMILES string of the molecule is COc1ccc(C)cc1CC1(CN)CCc2ccccc21. The zero-order valence-corrected chi connectivity index (χ0v) is 12.9. The molecule has 21 heavy (non-hydrogen) atoms. The second kappa shape index (κ2) is 5.53. The Morgan fingerprint density at radius 3 is 2.76 bits per heavy atom. The van der Waals surface area contributed by atoms with Gasteiger partial charge >= 0.3 is 0 Å². The van der Waals surface area contributed by atoms with E-state index in [-0.39, 0.29) is 5.41 Å². The van der Waals surface area contributed by atoms with E-state index in [4.69, 9.17) is 10.5 Å². The quantitative estimate of drug-likeness (QED) is 0.932. The summed E-state index contributed by atoms with van der Waals surface area (Å²) in [5, 5.41) is 0. The van der Waals surface area contributed by atoms with Gasteiger partial charge in [-0.1, -0.05) is 42.0 Å². The molecule has 1 aliphatic rings. The summed E-state index contributed by atoms with van der Waals surface area (Å²) in [7, 11) is 1.74. The van der Waals surface area contributed by atoms with Gasteiger partial charge in [0.1, 0.15) is 5.75 Å². The fraction of sp³-hybridized carbons (Fsp3) is 0.368. The van der Waals surface area contributed by atoms with Gasteiger partial charge in [0.05, 0.1) is 7.11 Å². The van der Waals surface area contributed by atoms with Crippen LogP contribution in [-0.4, -0.2) is 13.7 Å². The van der Waals surface area contributed by atoms with Gasteiger partial charge in [-0.15, -0.1) is 0 Å². The topological polar surface area (TPSA) is 35.2 Å². The molecule has 0 aliphatic heterocycles. The maximum atomic E-state index is 6.22. The van der Waals surface area contributed by atoms with Gasteiger partial charge in [-0.3, -0.25) is 0 Å². The normalized spacial score (nSPS) is 20.3. The Morgan fingerprint density at radius 2 is 2.00 bits per heavy atom. The van der Waals surface area contributed by atoms with Gasteiger partial charge in [0.25, 0.3) is 0 Å². The summed E-state index contributed by atoms with van der Waals surface area (Å²) in [5.74, 6) is 0.970. The van der Waals surface area contributed by atoms with E-state index in [9.17, 15) is 0 Å². The molecule has 0 saturated heterocycles. The average molecular weight is 281 g/mol. The summed E-state index contributed by atoms with van der Waals surface area (Å²) in [6, 6.07) is 15.1. The molecule has 2 nitrogen and oxygen atoms in total. The van der Waals surface area contributed by atoms with Crippen LogP contribution in [0.5, 0.6) is 5.75 Å². The third kappa shape index (κ3) is 2.44. The van der Waals surface area contributed by atoms with Crippen LogP contribution in [0.25, 0.3) is 0 Å². The smallest absolute Gasteiger partial charge is 0.122 e. The number of hydrogen-bond donors (Lipinski definition) is 1. The minimum atomic E-state index is 0.0532. The summed E-state index contributed by atoms with van der Waals surface area (Å²) >= 11 is 0. The van der Waals surface area contributed by atoms with Crippen LogP contribution in [0.4, 0.5) is 0 Å². The zero-order valence-electron chi connectivity index (χ0n) is 12.9. The van der Waals surface area contributed by atoms with Crippen molar-refractivity contribution in [3.8, 4) is 5.75 Å². The van der Waals surface area contributed by atoms with E-state index >= 15 is 0 Å². The van der Waals surface area contributed by atoms with Crippen molar-refractivity contribution < 1.29 is 4.74 Å². The van der Waals surface area contributed by atoms with Crippen molar-refractivity contribution in [1.82, 2.24) is 0 Å². The fourth-order valence-electron chi connectivity index (χ4n) is 3.64. The third-order valence-corrected chi connectivity index (χ3v) is 4.82. The molecule has 110 valence electrons. The second-order valence-electron chi connectivity index (χ2n) is 6.13. The van der Waals surface area contributed by atoms with E-state index in [1.165, 1.54) is 22.3 Å². The van der Waals surface area contributed by atoms with Gasteiger partial charge in [0.15, 0.2) is 0 Å². The molecule has 0 heterocycles. The summed E-state index contributed by atoms with van der Waals surface area (Å²) < 4.78 is 5.55. The Balaban J connectivity index is 2.02. The highest BCUT2D eigenvalue weighted by atomic mass is 16.5. The monoisotopic (exact) mass is 281 g/mol.